The molecule has 0 spiro atoms. The summed E-state index contributed by atoms with van der Waals surface area (Å²) >= 11 is 0.883. The molecule has 0 aliphatic heterocycles. The van der Waals surface area contributed by atoms with Gasteiger partial charge in [-0.05, 0) is 24.6 Å². The molecule has 2 N–H and O–H groups in total. The number of carboxylic acids is 1. The van der Waals surface area contributed by atoms with Crippen LogP contribution in [0.3, 0.4) is 0 Å². The van der Waals surface area contributed by atoms with Crippen LogP contribution in [0.25, 0.3) is 0 Å². The molecule has 0 fully saturated rings. The van der Waals surface area contributed by atoms with E-state index in [0.29, 0.717) is 10.6 Å². The summed E-state index contributed by atoms with van der Waals surface area (Å²) < 4.78 is 0. The molecule has 0 atom stereocenters. The van der Waals surface area contributed by atoms with Gasteiger partial charge in [-0.25, -0.2) is 4.79 Å². The fraction of sp³-hybridized carbons (Fsp3) is 0.0769. The minimum absolute atomic E-state index is 0.0345. The Bertz CT molecular complexity index is 738. The van der Waals surface area contributed by atoms with E-state index < -0.39 is 16.8 Å². The molecule has 0 bridgehead atoms. The van der Waals surface area contributed by atoms with E-state index in [0.717, 1.165) is 11.3 Å². The van der Waals surface area contributed by atoms with Crippen molar-refractivity contribution in [3.63, 3.8) is 0 Å². The number of aryl methyl sites for hydroxylation is 1. The van der Waals surface area contributed by atoms with Gasteiger partial charge in [-0.2, -0.15) is 0 Å². The zero-order valence-corrected chi connectivity index (χ0v) is 11.6. The Kier molecular flexibility index (Phi) is 3.99. The first-order valence-electron chi connectivity index (χ1n) is 5.78. The maximum absolute atomic E-state index is 12.2. The number of hydrogen-bond donors (Lipinski definition) is 2. The monoisotopic (exact) mass is 306 g/mol. The first-order chi connectivity index (χ1) is 9.90. The molecule has 0 unspecified atom stereocenters. The lowest BCUT2D eigenvalue weighted by atomic mass is 10.1. The van der Waals surface area contributed by atoms with Gasteiger partial charge in [0.05, 0.1) is 9.92 Å². The third-order valence-electron chi connectivity index (χ3n) is 2.73. The average molecular weight is 306 g/mol. The van der Waals surface area contributed by atoms with E-state index in [1.54, 1.807) is 13.0 Å². The van der Waals surface area contributed by atoms with Crippen molar-refractivity contribution in [2.45, 2.75) is 6.92 Å². The van der Waals surface area contributed by atoms with Gasteiger partial charge < -0.3 is 10.4 Å². The molecule has 1 aromatic heterocycles. The van der Waals surface area contributed by atoms with Crippen LogP contribution in [0.5, 0.6) is 0 Å². The van der Waals surface area contributed by atoms with Crippen LogP contribution in [0.2, 0.25) is 0 Å². The Morgan fingerprint density at radius 1 is 1.29 bits per heavy atom. The van der Waals surface area contributed by atoms with Crippen molar-refractivity contribution in [2.75, 3.05) is 5.32 Å². The number of nitrogens with one attached hydrogen (secondary N) is 1. The van der Waals surface area contributed by atoms with E-state index in [4.69, 9.17) is 5.11 Å². The number of carboxylic acid groups (broad SMARTS) is 1. The van der Waals surface area contributed by atoms with E-state index >= 15 is 0 Å². The van der Waals surface area contributed by atoms with Crippen molar-refractivity contribution in [1.82, 2.24) is 0 Å². The number of nitrogens with zero attached hydrogens (tertiary/aromatic N) is 1. The molecular formula is C13H10N2O5S. The standard InChI is InChI=1S/C13H10N2O5S/c1-7-3-2-4-8(15(19)20)11(7)12(16)14-10-6-5-9(21-10)13(17)18/h2-6H,1H3,(H,14,16)(H,17,18). The molecule has 0 radical (unpaired) electrons. The van der Waals surface area contributed by atoms with Gasteiger partial charge in [0, 0.05) is 6.07 Å². The molecule has 7 nitrogen and oxygen atoms in total. The molecule has 21 heavy (non-hydrogen) atoms. The van der Waals surface area contributed by atoms with Crippen LogP contribution in [0, 0.1) is 17.0 Å². The largest absolute Gasteiger partial charge is 0.477 e. The Morgan fingerprint density at radius 2 is 2.00 bits per heavy atom. The second-order valence-electron chi connectivity index (χ2n) is 4.15. The van der Waals surface area contributed by atoms with E-state index in [9.17, 15) is 19.7 Å². The topological polar surface area (TPSA) is 110 Å². The molecule has 108 valence electrons. The first kappa shape index (κ1) is 14.7. The number of amides is 1. The Labute approximate surface area is 123 Å². The number of aromatic carboxylic acids is 1. The third-order valence-corrected chi connectivity index (χ3v) is 3.72. The summed E-state index contributed by atoms with van der Waals surface area (Å²) in [6.45, 7) is 1.60. The number of nitro groups is 1. The quantitative estimate of drug-likeness (QED) is 0.666. The average Bonchev–Trinajstić information content (AvgIpc) is 2.86. The summed E-state index contributed by atoms with van der Waals surface area (Å²) in [7, 11) is 0. The summed E-state index contributed by atoms with van der Waals surface area (Å²) in [4.78, 5) is 33.4. The van der Waals surface area contributed by atoms with Gasteiger partial charge >= 0.3 is 5.97 Å². The van der Waals surface area contributed by atoms with Crippen molar-refractivity contribution in [3.8, 4) is 0 Å². The van der Waals surface area contributed by atoms with E-state index in [1.807, 2.05) is 0 Å². The van der Waals surface area contributed by atoms with Gasteiger partial charge in [-0.15, -0.1) is 11.3 Å². The van der Waals surface area contributed by atoms with Crippen molar-refractivity contribution in [3.05, 3.63) is 56.5 Å². The predicted molar refractivity (Wildman–Crippen MR) is 77.1 cm³/mol. The lowest BCUT2D eigenvalue weighted by Gasteiger charge is -2.06. The van der Waals surface area contributed by atoms with E-state index in [2.05, 4.69) is 5.32 Å². The van der Waals surface area contributed by atoms with Gasteiger partial charge in [-0.3, -0.25) is 14.9 Å². The lowest BCUT2D eigenvalue weighted by Crippen LogP contribution is -2.14. The highest BCUT2D eigenvalue weighted by Crippen LogP contribution is 2.26. The minimum Gasteiger partial charge on any atom is -0.477 e. The van der Waals surface area contributed by atoms with Crippen LogP contribution in [-0.2, 0) is 0 Å². The fourth-order valence-corrected chi connectivity index (χ4v) is 2.53. The third kappa shape index (κ3) is 3.06. The second kappa shape index (κ2) is 5.71. The molecule has 0 saturated heterocycles. The van der Waals surface area contributed by atoms with Crippen LogP contribution in [0.1, 0.15) is 25.6 Å². The van der Waals surface area contributed by atoms with Crippen LogP contribution < -0.4 is 5.32 Å². The highest BCUT2D eigenvalue weighted by Gasteiger charge is 2.22. The van der Waals surface area contributed by atoms with E-state index in [1.165, 1.54) is 24.3 Å². The van der Waals surface area contributed by atoms with Crippen molar-refractivity contribution in [2.24, 2.45) is 0 Å². The van der Waals surface area contributed by atoms with Crippen molar-refractivity contribution in [1.29, 1.82) is 0 Å². The highest BCUT2D eigenvalue weighted by molar-refractivity contribution is 7.18. The maximum atomic E-state index is 12.2. The number of hydrogen-bond acceptors (Lipinski definition) is 5. The molecule has 0 aliphatic carbocycles. The number of carbonyl (C=O) groups is 2. The minimum atomic E-state index is -1.10. The van der Waals surface area contributed by atoms with Crippen LogP contribution in [0.15, 0.2) is 30.3 Å². The van der Waals surface area contributed by atoms with Gasteiger partial charge in [0.1, 0.15) is 10.4 Å². The molecule has 0 aliphatic rings. The maximum Gasteiger partial charge on any atom is 0.345 e. The number of carbonyl (C=O) groups excluding carboxylic acids is 1. The summed E-state index contributed by atoms with van der Waals surface area (Å²) in [5, 5.41) is 22.6. The van der Waals surface area contributed by atoms with Crippen LogP contribution in [0.4, 0.5) is 10.7 Å². The van der Waals surface area contributed by atoms with Gasteiger partial charge in [0.15, 0.2) is 0 Å². The number of nitro benzene ring substituents is 1. The fourth-order valence-electron chi connectivity index (χ4n) is 1.79. The Hall–Kier alpha value is -2.74. The second-order valence-corrected chi connectivity index (χ2v) is 5.23. The molecule has 2 aromatic rings. The van der Waals surface area contributed by atoms with Crippen molar-refractivity contribution >= 4 is 33.9 Å². The van der Waals surface area contributed by atoms with Crippen molar-refractivity contribution < 1.29 is 19.6 Å². The SMILES string of the molecule is Cc1cccc([N+](=O)[O-])c1C(=O)Nc1ccc(C(=O)O)s1. The molecule has 8 heteroatoms. The highest BCUT2D eigenvalue weighted by atomic mass is 32.1. The lowest BCUT2D eigenvalue weighted by molar-refractivity contribution is -0.385. The zero-order valence-electron chi connectivity index (χ0n) is 10.8. The molecule has 2 rings (SSSR count). The molecule has 0 saturated carbocycles. The van der Waals surface area contributed by atoms with Gasteiger partial charge in [0.2, 0.25) is 0 Å². The summed E-state index contributed by atoms with van der Waals surface area (Å²) in [6, 6.07) is 7.14. The summed E-state index contributed by atoms with van der Waals surface area (Å²) in [5.74, 6) is -1.74. The number of benzene rings is 1. The van der Waals surface area contributed by atoms with E-state index in [-0.39, 0.29) is 16.1 Å². The summed E-state index contributed by atoms with van der Waals surface area (Å²) in [5.41, 5.74) is 0.145. The number of thiophene rings is 1. The van der Waals surface area contributed by atoms with Crippen LogP contribution >= 0.6 is 11.3 Å². The molecule has 1 aromatic carbocycles. The normalized spacial score (nSPS) is 10.1. The Balaban J connectivity index is 2.32. The Morgan fingerprint density at radius 3 is 2.57 bits per heavy atom. The predicted octanol–water partition coefficient (Wildman–Crippen LogP) is 2.92. The summed E-state index contributed by atoms with van der Waals surface area (Å²) in [6.07, 6.45) is 0. The molecule has 1 amide bonds. The molecular weight excluding hydrogens is 296 g/mol. The van der Waals surface area contributed by atoms with Gasteiger partial charge in [0.25, 0.3) is 11.6 Å². The smallest absolute Gasteiger partial charge is 0.345 e. The number of rotatable bonds is 4. The number of anilines is 1. The van der Waals surface area contributed by atoms with Crippen LogP contribution in [-0.4, -0.2) is 21.9 Å². The van der Waals surface area contributed by atoms with Gasteiger partial charge in [-0.1, -0.05) is 12.1 Å². The zero-order chi connectivity index (χ0) is 15.6. The molecule has 1 heterocycles. The first-order valence-corrected chi connectivity index (χ1v) is 6.60.